The number of furan rings is 1. The van der Waals surface area contributed by atoms with Crippen molar-refractivity contribution >= 4 is 28.1 Å². The number of benzene rings is 1. The van der Waals surface area contributed by atoms with Gasteiger partial charge in [0.1, 0.15) is 5.76 Å². The lowest BCUT2D eigenvalue weighted by molar-refractivity contribution is 0.0953. The molecule has 2 aromatic rings. The number of aryl methyl sites for hydroxylation is 1. The normalized spacial score (nSPS) is 10.8. The second kappa shape index (κ2) is 5.64. The molecule has 18 heavy (non-hydrogen) atoms. The van der Waals surface area contributed by atoms with E-state index < -0.39 is 0 Å². The SMILES string of the molecule is Cc1occc1C(=O)N/N=C\c1ccccc1Br. The van der Waals surface area contributed by atoms with Crippen molar-refractivity contribution in [1.82, 2.24) is 5.43 Å². The molecule has 1 N–H and O–H groups in total. The second-order valence-corrected chi connectivity index (χ2v) is 4.47. The number of nitrogens with one attached hydrogen (secondary N) is 1. The molecule has 1 aromatic carbocycles. The highest BCUT2D eigenvalue weighted by Gasteiger charge is 2.09. The van der Waals surface area contributed by atoms with E-state index >= 15 is 0 Å². The number of hydrazone groups is 1. The van der Waals surface area contributed by atoms with Crippen molar-refractivity contribution in [3.05, 3.63) is 58.0 Å². The molecule has 5 heteroatoms. The van der Waals surface area contributed by atoms with Crippen LogP contribution in [0.2, 0.25) is 0 Å². The Morgan fingerprint density at radius 1 is 1.39 bits per heavy atom. The highest BCUT2D eigenvalue weighted by atomic mass is 79.9. The quantitative estimate of drug-likeness (QED) is 0.699. The molecule has 92 valence electrons. The van der Waals surface area contributed by atoms with Gasteiger partial charge in [-0.25, -0.2) is 5.43 Å². The summed E-state index contributed by atoms with van der Waals surface area (Å²) in [6.07, 6.45) is 3.05. The summed E-state index contributed by atoms with van der Waals surface area (Å²) in [7, 11) is 0. The minimum Gasteiger partial charge on any atom is -0.469 e. The van der Waals surface area contributed by atoms with Gasteiger partial charge in [0, 0.05) is 10.0 Å². The van der Waals surface area contributed by atoms with E-state index in [4.69, 9.17) is 4.42 Å². The number of halogens is 1. The maximum absolute atomic E-state index is 11.7. The van der Waals surface area contributed by atoms with Crippen LogP contribution in [-0.2, 0) is 0 Å². The van der Waals surface area contributed by atoms with Crippen LogP contribution in [0.15, 0.2) is 50.6 Å². The maximum atomic E-state index is 11.7. The fourth-order valence-electron chi connectivity index (χ4n) is 1.42. The lowest BCUT2D eigenvalue weighted by Crippen LogP contribution is -2.17. The van der Waals surface area contributed by atoms with E-state index in [0.717, 1.165) is 10.0 Å². The van der Waals surface area contributed by atoms with E-state index in [0.29, 0.717) is 11.3 Å². The smallest absolute Gasteiger partial charge is 0.274 e. The molecule has 1 amide bonds. The average Bonchev–Trinajstić information content (AvgIpc) is 2.78. The van der Waals surface area contributed by atoms with Crippen LogP contribution < -0.4 is 5.43 Å². The Labute approximate surface area is 113 Å². The number of hydrogen-bond donors (Lipinski definition) is 1. The number of nitrogens with zero attached hydrogens (tertiary/aromatic N) is 1. The van der Waals surface area contributed by atoms with Gasteiger partial charge in [-0.2, -0.15) is 5.10 Å². The first-order valence-corrected chi connectivity index (χ1v) is 6.10. The van der Waals surface area contributed by atoms with Gasteiger partial charge in [-0.15, -0.1) is 0 Å². The summed E-state index contributed by atoms with van der Waals surface area (Å²) >= 11 is 3.39. The molecule has 0 aliphatic heterocycles. The summed E-state index contributed by atoms with van der Waals surface area (Å²) in [5.74, 6) is 0.285. The molecule has 0 aliphatic carbocycles. The number of hydrogen-bond acceptors (Lipinski definition) is 3. The molecule has 2 rings (SSSR count). The predicted octanol–water partition coefficient (Wildman–Crippen LogP) is 3.11. The van der Waals surface area contributed by atoms with Crippen molar-refractivity contribution in [2.75, 3.05) is 0 Å². The first-order valence-electron chi connectivity index (χ1n) is 5.30. The topological polar surface area (TPSA) is 54.6 Å². The van der Waals surface area contributed by atoms with Gasteiger partial charge >= 0.3 is 0 Å². The Balaban J connectivity index is 2.03. The largest absolute Gasteiger partial charge is 0.469 e. The first kappa shape index (κ1) is 12.6. The zero-order chi connectivity index (χ0) is 13.0. The molecule has 0 spiro atoms. The lowest BCUT2D eigenvalue weighted by Gasteiger charge is -1.98. The van der Waals surface area contributed by atoms with E-state index in [9.17, 15) is 4.79 Å². The van der Waals surface area contributed by atoms with Crippen LogP contribution in [0.5, 0.6) is 0 Å². The summed E-state index contributed by atoms with van der Waals surface area (Å²) in [6.45, 7) is 1.73. The molecule has 0 fully saturated rings. The van der Waals surface area contributed by atoms with Gasteiger partial charge in [0.25, 0.3) is 5.91 Å². The van der Waals surface area contributed by atoms with Crippen LogP contribution in [0.3, 0.4) is 0 Å². The maximum Gasteiger partial charge on any atom is 0.274 e. The Hall–Kier alpha value is -1.88. The van der Waals surface area contributed by atoms with Crippen LogP contribution in [0.4, 0.5) is 0 Å². The minimum atomic E-state index is -0.287. The number of amides is 1. The molecule has 0 aliphatic rings. The van der Waals surface area contributed by atoms with E-state index in [1.165, 1.54) is 6.26 Å². The van der Waals surface area contributed by atoms with E-state index in [2.05, 4.69) is 26.5 Å². The van der Waals surface area contributed by atoms with Gasteiger partial charge < -0.3 is 4.42 Å². The summed E-state index contributed by atoms with van der Waals surface area (Å²) in [5.41, 5.74) is 3.83. The molecule has 1 aromatic heterocycles. The molecule has 4 nitrogen and oxygen atoms in total. The third-order valence-electron chi connectivity index (χ3n) is 2.38. The average molecular weight is 307 g/mol. The zero-order valence-electron chi connectivity index (χ0n) is 9.68. The predicted molar refractivity (Wildman–Crippen MR) is 72.6 cm³/mol. The summed E-state index contributed by atoms with van der Waals surface area (Å²) < 4.78 is 5.97. The number of carbonyl (C=O) groups is 1. The van der Waals surface area contributed by atoms with Crippen molar-refractivity contribution in [2.45, 2.75) is 6.92 Å². The molecule has 0 radical (unpaired) electrons. The molecule has 0 saturated heterocycles. The molecule has 1 heterocycles. The third kappa shape index (κ3) is 2.87. The van der Waals surface area contributed by atoms with Gasteiger partial charge in [-0.1, -0.05) is 34.1 Å². The molecular weight excluding hydrogens is 296 g/mol. The number of rotatable bonds is 3. The zero-order valence-corrected chi connectivity index (χ0v) is 11.3. The Kier molecular flexibility index (Phi) is 3.94. The monoisotopic (exact) mass is 306 g/mol. The molecule has 0 saturated carbocycles. The van der Waals surface area contributed by atoms with Crippen molar-refractivity contribution in [2.24, 2.45) is 5.10 Å². The molecule has 0 bridgehead atoms. The lowest BCUT2D eigenvalue weighted by atomic mass is 10.2. The van der Waals surface area contributed by atoms with E-state index in [-0.39, 0.29) is 5.91 Å². The fraction of sp³-hybridized carbons (Fsp3) is 0.0769. The highest BCUT2D eigenvalue weighted by molar-refractivity contribution is 9.10. The summed E-state index contributed by atoms with van der Waals surface area (Å²) in [4.78, 5) is 11.7. The van der Waals surface area contributed by atoms with E-state index in [1.54, 1.807) is 19.2 Å². The summed E-state index contributed by atoms with van der Waals surface area (Å²) in [6, 6.07) is 9.22. The summed E-state index contributed by atoms with van der Waals surface area (Å²) in [5, 5.41) is 3.90. The Morgan fingerprint density at radius 2 is 2.17 bits per heavy atom. The van der Waals surface area contributed by atoms with Gasteiger partial charge in [0.15, 0.2) is 0 Å². The van der Waals surface area contributed by atoms with Gasteiger partial charge in [0.05, 0.1) is 18.0 Å². The molecule has 0 atom stereocenters. The highest BCUT2D eigenvalue weighted by Crippen LogP contribution is 2.13. The first-order chi connectivity index (χ1) is 8.68. The third-order valence-corrected chi connectivity index (χ3v) is 3.10. The van der Waals surface area contributed by atoms with Crippen molar-refractivity contribution in [1.29, 1.82) is 0 Å². The van der Waals surface area contributed by atoms with E-state index in [1.807, 2.05) is 24.3 Å². The molecule has 0 unspecified atom stereocenters. The van der Waals surface area contributed by atoms with Crippen molar-refractivity contribution in [3.63, 3.8) is 0 Å². The number of carbonyl (C=O) groups excluding carboxylic acids is 1. The van der Waals surface area contributed by atoms with Crippen LogP contribution in [0.1, 0.15) is 21.7 Å². The Bertz CT molecular complexity index is 590. The Morgan fingerprint density at radius 3 is 2.83 bits per heavy atom. The standard InChI is InChI=1S/C13H11BrN2O2/c1-9-11(6-7-18-9)13(17)16-15-8-10-4-2-3-5-12(10)14/h2-8H,1H3,(H,16,17)/b15-8-. The van der Waals surface area contributed by atoms with Gasteiger partial charge in [0.2, 0.25) is 0 Å². The second-order valence-electron chi connectivity index (χ2n) is 3.61. The van der Waals surface area contributed by atoms with Crippen molar-refractivity contribution < 1.29 is 9.21 Å². The minimum absolute atomic E-state index is 0.287. The molecular formula is C13H11BrN2O2. The van der Waals surface area contributed by atoms with Crippen LogP contribution in [0.25, 0.3) is 0 Å². The van der Waals surface area contributed by atoms with Crippen molar-refractivity contribution in [3.8, 4) is 0 Å². The van der Waals surface area contributed by atoms with Crippen LogP contribution in [-0.4, -0.2) is 12.1 Å². The van der Waals surface area contributed by atoms with Gasteiger partial charge in [-0.3, -0.25) is 4.79 Å². The fourth-order valence-corrected chi connectivity index (χ4v) is 1.81. The van der Waals surface area contributed by atoms with Crippen LogP contribution >= 0.6 is 15.9 Å². The van der Waals surface area contributed by atoms with Crippen LogP contribution in [0, 0.1) is 6.92 Å². The van der Waals surface area contributed by atoms with Gasteiger partial charge in [-0.05, 0) is 19.1 Å².